The number of hydrogen-bond donors (Lipinski definition) is 1. The molecule has 128 valence electrons. The minimum absolute atomic E-state index is 0.219. The van der Waals surface area contributed by atoms with Crippen molar-refractivity contribution in [3.63, 3.8) is 0 Å². The van der Waals surface area contributed by atoms with Crippen LogP contribution in [0.1, 0.15) is 21.5 Å². The number of carbonyl (C=O) groups is 1. The maximum atomic E-state index is 12.6. The lowest BCUT2D eigenvalue weighted by Crippen LogP contribution is -2.12. The maximum absolute atomic E-state index is 12.6. The van der Waals surface area contributed by atoms with Crippen molar-refractivity contribution < 1.29 is 9.53 Å². The highest BCUT2D eigenvalue weighted by Crippen LogP contribution is 2.23. The van der Waals surface area contributed by atoms with E-state index in [9.17, 15) is 4.79 Å². The molecule has 0 saturated carbocycles. The Morgan fingerprint density at radius 3 is 2.42 bits per heavy atom. The van der Waals surface area contributed by atoms with Crippen LogP contribution in [0.5, 0.6) is 5.75 Å². The summed E-state index contributed by atoms with van der Waals surface area (Å²) in [7, 11) is 1.57. The van der Waals surface area contributed by atoms with Crippen LogP contribution in [-0.2, 0) is 0 Å². The summed E-state index contributed by atoms with van der Waals surface area (Å²) in [5.74, 6) is 6.63. The molecule has 0 aliphatic rings. The van der Waals surface area contributed by atoms with Crippen molar-refractivity contribution in [3.8, 4) is 17.6 Å². The quantitative estimate of drug-likeness (QED) is 0.614. The normalized spacial score (nSPS) is 9.77. The highest BCUT2D eigenvalue weighted by molar-refractivity contribution is 9.10. The number of halogens is 1. The first-order valence-corrected chi connectivity index (χ1v) is 8.77. The molecule has 0 aliphatic carbocycles. The zero-order chi connectivity index (χ0) is 18.4. The molecule has 3 aromatic carbocycles. The lowest BCUT2D eigenvalue weighted by Gasteiger charge is -2.09. The Hall–Kier alpha value is -3.03. The van der Waals surface area contributed by atoms with E-state index in [0.717, 1.165) is 11.1 Å². The molecular formula is C22H16BrNO2. The van der Waals surface area contributed by atoms with E-state index in [1.54, 1.807) is 25.3 Å². The van der Waals surface area contributed by atoms with Gasteiger partial charge in [0.2, 0.25) is 0 Å². The van der Waals surface area contributed by atoms with Crippen molar-refractivity contribution in [1.82, 2.24) is 0 Å². The second-order valence-electron chi connectivity index (χ2n) is 5.50. The summed E-state index contributed by atoms with van der Waals surface area (Å²) < 4.78 is 5.89. The lowest BCUT2D eigenvalue weighted by atomic mass is 10.1. The Balaban J connectivity index is 1.79. The van der Waals surface area contributed by atoms with Gasteiger partial charge in [-0.3, -0.25) is 4.79 Å². The highest BCUT2D eigenvalue weighted by Gasteiger charge is 2.11. The number of methoxy groups -OCH3 is 1. The van der Waals surface area contributed by atoms with Crippen molar-refractivity contribution in [2.75, 3.05) is 12.4 Å². The Labute approximate surface area is 161 Å². The summed E-state index contributed by atoms with van der Waals surface area (Å²) >= 11 is 3.40. The first-order valence-electron chi connectivity index (χ1n) is 7.98. The van der Waals surface area contributed by atoms with Crippen LogP contribution in [0.25, 0.3) is 0 Å². The molecule has 4 heteroatoms. The molecule has 1 amide bonds. The molecule has 0 atom stereocenters. The van der Waals surface area contributed by atoms with Crippen molar-refractivity contribution in [3.05, 3.63) is 94.0 Å². The number of hydrogen-bond acceptors (Lipinski definition) is 2. The minimum Gasteiger partial charge on any atom is -0.497 e. The SMILES string of the molecule is COc1ccc(Br)c(C(=O)Nc2cccc(C#Cc3ccccc3)c2)c1. The third-order valence-corrected chi connectivity index (χ3v) is 4.36. The summed E-state index contributed by atoms with van der Waals surface area (Å²) in [6.45, 7) is 0. The van der Waals surface area contributed by atoms with Crippen LogP contribution in [0.2, 0.25) is 0 Å². The summed E-state index contributed by atoms with van der Waals surface area (Å²) in [5.41, 5.74) is 2.97. The molecule has 0 saturated heterocycles. The molecule has 1 N–H and O–H groups in total. The van der Waals surface area contributed by atoms with E-state index in [0.29, 0.717) is 21.5 Å². The molecule has 0 aliphatic heterocycles. The van der Waals surface area contributed by atoms with Crippen molar-refractivity contribution in [1.29, 1.82) is 0 Å². The average molecular weight is 406 g/mol. The van der Waals surface area contributed by atoms with Crippen LogP contribution >= 0.6 is 15.9 Å². The van der Waals surface area contributed by atoms with Gasteiger partial charge in [-0.25, -0.2) is 0 Å². The summed E-state index contributed by atoms with van der Waals surface area (Å²) in [5, 5.41) is 2.90. The summed E-state index contributed by atoms with van der Waals surface area (Å²) in [4.78, 5) is 12.6. The van der Waals surface area contributed by atoms with Crippen molar-refractivity contribution in [2.24, 2.45) is 0 Å². The van der Waals surface area contributed by atoms with Gasteiger partial charge in [0.15, 0.2) is 0 Å². The van der Waals surface area contributed by atoms with E-state index in [4.69, 9.17) is 4.74 Å². The molecule has 26 heavy (non-hydrogen) atoms. The van der Waals surface area contributed by atoms with Crippen LogP contribution in [0.15, 0.2) is 77.3 Å². The molecule has 3 rings (SSSR count). The van der Waals surface area contributed by atoms with Gasteiger partial charge in [0.25, 0.3) is 5.91 Å². The summed E-state index contributed by atoms with van der Waals surface area (Å²) in [6, 6.07) is 22.5. The second-order valence-corrected chi connectivity index (χ2v) is 6.35. The zero-order valence-corrected chi connectivity index (χ0v) is 15.7. The Morgan fingerprint density at radius 1 is 0.923 bits per heavy atom. The smallest absolute Gasteiger partial charge is 0.256 e. The molecule has 0 radical (unpaired) electrons. The second kappa shape index (κ2) is 8.37. The van der Waals surface area contributed by atoms with Crippen LogP contribution in [0, 0.1) is 11.8 Å². The van der Waals surface area contributed by atoms with Gasteiger partial charge in [-0.05, 0) is 64.5 Å². The fourth-order valence-electron chi connectivity index (χ4n) is 2.34. The molecule has 0 unspecified atom stereocenters. The fraction of sp³-hybridized carbons (Fsp3) is 0.0455. The Morgan fingerprint density at radius 2 is 1.65 bits per heavy atom. The van der Waals surface area contributed by atoms with Gasteiger partial charge < -0.3 is 10.1 Å². The number of nitrogens with one attached hydrogen (secondary N) is 1. The number of rotatable bonds is 3. The Kier molecular flexibility index (Phi) is 5.73. The topological polar surface area (TPSA) is 38.3 Å². The predicted molar refractivity (Wildman–Crippen MR) is 108 cm³/mol. The molecule has 0 aromatic heterocycles. The molecule has 3 aromatic rings. The van der Waals surface area contributed by atoms with Gasteiger partial charge in [0.05, 0.1) is 12.7 Å². The monoisotopic (exact) mass is 405 g/mol. The first-order chi connectivity index (χ1) is 12.7. The van der Waals surface area contributed by atoms with Gasteiger partial charge in [0.1, 0.15) is 5.75 Å². The molecule has 0 bridgehead atoms. The van der Waals surface area contributed by atoms with Crippen LogP contribution in [0.3, 0.4) is 0 Å². The predicted octanol–water partition coefficient (Wildman–Crippen LogP) is 5.11. The number of anilines is 1. The van der Waals surface area contributed by atoms with E-state index < -0.39 is 0 Å². The largest absolute Gasteiger partial charge is 0.497 e. The molecule has 3 nitrogen and oxygen atoms in total. The van der Waals surface area contributed by atoms with Crippen molar-refractivity contribution in [2.45, 2.75) is 0 Å². The van der Waals surface area contributed by atoms with Gasteiger partial charge in [-0.15, -0.1) is 0 Å². The lowest BCUT2D eigenvalue weighted by molar-refractivity contribution is 0.102. The highest BCUT2D eigenvalue weighted by atomic mass is 79.9. The van der Waals surface area contributed by atoms with Crippen LogP contribution < -0.4 is 10.1 Å². The third kappa shape index (κ3) is 4.53. The zero-order valence-electron chi connectivity index (χ0n) is 14.1. The number of carbonyl (C=O) groups excluding carboxylic acids is 1. The first kappa shape index (κ1) is 17.8. The van der Waals surface area contributed by atoms with Gasteiger partial charge in [0, 0.05) is 21.3 Å². The third-order valence-electron chi connectivity index (χ3n) is 3.66. The van der Waals surface area contributed by atoms with Crippen molar-refractivity contribution >= 4 is 27.5 Å². The minimum atomic E-state index is -0.219. The molecular weight excluding hydrogens is 390 g/mol. The average Bonchev–Trinajstić information content (AvgIpc) is 2.68. The van der Waals surface area contributed by atoms with Gasteiger partial charge >= 0.3 is 0 Å². The van der Waals surface area contributed by atoms with Crippen LogP contribution in [-0.4, -0.2) is 13.0 Å². The van der Waals surface area contributed by atoms with E-state index in [2.05, 4.69) is 33.1 Å². The number of ether oxygens (including phenoxy) is 1. The Bertz CT molecular complexity index is 988. The van der Waals surface area contributed by atoms with E-state index in [1.807, 2.05) is 54.6 Å². The standard InChI is InChI=1S/C22H16BrNO2/c1-26-19-12-13-21(23)20(15-19)22(25)24-18-9-5-8-17(14-18)11-10-16-6-3-2-4-7-16/h2-9,12-15H,1H3,(H,24,25). The van der Waals surface area contributed by atoms with Crippen LogP contribution in [0.4, 0.5) is 5.69 Å². The maximum Gasteiger partial charge on any atom is 0.256 e. The van der Waals surface area contributed by atoms with E-state index in [1.165, 1.54) is 0 Å². The molecule has 0 heterocycles. The molecule has 0 spiro atoms. The number of amides is 1. The van der Waals surface area contributed by atoms with Gasteiger partial charge in [-0.1, -0.05) is 36.1 Å². The molecule has 0 fully saturated rings. The van der Waals surface area contributed by atoms with E-state index in [-0.39, 0.29) is 5.91 Å². The van der Waals surface area contributed by atoms with E-state index >= 15 is 0 Å². The van der Waals surface area contributed by atoms with Gasteiger partial charge in [-0.2, -0.15) is 0 Å². The fourth-order valence-corrected chi connectivity index (χ4v) is 2.77. The number of benzene rings is 3. The summed E-state index contributed by atoms with van der Waals surface area (Å²) in [6.07, 6.45) is 0.